The summed E-state index contributed by atoms with van der Waals surface area (Å²) in [4.78, 5) is 2.65. The van der Waals surface area contributed by atoms with Gasteiger partial charge < -0.3 is 4.42 Å². The minimum atomic E-state index is -1.12. The zero-order valence-electron chi connectivity index (χ0n) is 12.9. The molecule has 1 aliphatic rings. The van der Waals surface area contributed by atoms with Gasteiger partial charge >= 0.3 is 0 Å². The Morgan fingerprint density at radius 3 is 2.57 bits per heavy atom. The summed E-state index contributed by atoms with van der Waals surface area (Å²) in [5.41, 5.74) is 4.40. The Morgan fingerprint density at radius 2 is 1.70 bits per heavy atom. The predicted molar refractivity (Wildman–Crippen MR) is 100 cm³/mol. The van der Waals surface area contributed by atoms with Gasteiger partial charge in [-0.05, 0) is 36.8 Å². The van der Waals surface area contributed by atoms with Crippen LogP contribution >= 0.6 is 21.6 Å². The lowest BCUT2D eigenvalue weighted by Crippen LogP contribution is -1.93. The molecular weight excluding hydrogens is 324 g/mol. The van der Waals surface area contributed by atoms with E-state index >= 15 is 0 Å². The quantitative estimate of drug-likeness (QED) is 0.347. The van der Waals surface area contributed by atoms with Crippen LogP contribution in [0.4, 0.5) is 0 Å². The standard InChI is InChI=1S/C20H15ClOS/c1-23(2)17-11-10-13-12-6-3-4-9-16(12)22-19(13)18(17)14-7-5-8-15(21)20(14)23/h3-11H,1-2H3. The van der Waals surface area contributed by atoms with E-state index in [4.69, 9.17) is 16.0 Å². The number of hydrogen-bond donors (Lipinski definition) is 0. The highest BCUT2D eigenvalue weighted by Gasteiger charge is 2.35. The van der Waals surface area contributed by atoms with Gasteiger partial charge in [0.1, 0.15) is 11.2 Å². The van der Waals surface area contributed by atoms with Crippen molar-refractivity contribution in [2.75, 3.05) is 12.5 Å². The third-order valence-electron chi connectivity index (χ3n) is 4.81. The Labute approximate surface area is 141 Å². The predicted octanol–water partition coefficient (Wildman–Crippen LogP) is 6.70. The molecule has 0 unspecified atom stereocenters. The maximum Gasteiger partial charge on any atom is 0.144 e. The average Bonchev–Trinajstić information content (AvgIpc) is 3.02. The summed E-state index contributed by atoms with van der Waals surface area (Å²) in [5, 5.41) is 3.22. The molecule has 1 aliphatic heterocycles. The highest BCUT2D eigenvalue weighted by Crippen LogP contribution is 2.70. The van der Waals surface area contributed by atoms with Gasteiger partial charge in [0.2, 0.25) is 0 Å². The minimum absolute atomic E-state index is 0.864. The lowest BCUT2D eigenvalue weighted by atomic mass is 10.0. The van der Waals surface area contributed by atoms with Crippen molar-refractivity contribution < 1.29 is 4.42 Å². The molecule has 0 bridgehead atoms. The molecule has 0 spiro atoms. The van der Waals surface area contributed by atoms with Crippen molar-refractivity contribution in [2.45, 2.75) is 9.79 Å². The molecule has 5 rings (SSSR count). The van der Waals surface area contributed by atoms with Gasteiger partial charge in [-0.2, -0.15) is 10.0 Å². The highest BCUT2D eigenvalue weighted by atomic mass is 35.5. The first-order chi connectivity index (χ1) is 11.1. The molecule has 1 aromatic heterocycles. The second-order valence-corrected chi connectivity index (χ2v) is 10.3. The fraction of sp³-hybridized carbons (Fsp3) is 0.100. The summed E-state index contributed by atoms with van der Waals surface area (Å²) in [6, 6.07) is 18.9. The Morgan fingerprint density at radius 1 is 0.870 bits per heavy atom. The van der Waals surface area contributed by atoms with Gasteiger partial charge in [0.25, 0.3) is 0 Å². The molecule has 23 heavy (non-hydrogen) atoms. The first-order valence-corrected chi connectivity index (χ1v) is 10.4. The SMILES string of the molecule is CS1(C)c2ccc3c(oc4ccccc43)c2-c2cccc(Cl)c21. The van der Waals surface area contributed by atoms with Crippen molar-refractivity contribution in [3.05, 3.63) is 59.6 Å². The molecule has 0 radical (unpaired) electrons. The topological polar surface area (TPSA) is 13.1 Å². The van der Waals surface area contributed by atoms with E-state index in [0.29, 0.717) is 0 Å². The van der Waals surface area contributed by atoms with Gasteiger partial charge in [-0.25, -0.2) is 0 Å². The van der Waals surface area contributed by atoms with Crippen molar-refractivity contribution >= 4 is 43.6 Å². The monoisotopic (exact) mass is 338 g/mol. The molecule has 0 aliphatic carbocycles. The van der Waals surface area contributed by atoms with E-state index in [1.807, 2.05) is 24.3 Å². The van der Waals surface area contributed by atoms with Crippen molar-refractivity contribution in [1.29, 1.82) is 0 Å². The van der Waals surface area contributed by atoms with Crippen molar-refractivity contribution in [1.82, 2.24) is 0 Å². The van der Waals surface area contributed by atoms with E-state index in [1.54, 1.807) is 0 Å². The van der Waals surface area contributed by atoms with E-state index in [-0.39, 0.29) is 0 Å². The van der Waals surface area contributed by atoms with Crippen LogP contribution < -0.4 is 0 Å². The lowest BCUT2D eigenvalue weighted by molar-refractivity contribution is 0.669. The van der Waals surface area contributed by atoms with E-state index in [1.165, 1.54) is 31.7 Å². The van der Waals surface area contributed by atoms with Crippen molar-refractivity contribution in [2.24, 2.45) is 0 Å². The summed E-state index contributed by atoms with van der Waals surface area (Å²) in [6.45, 7) is 0. The summed E-state index contributed by atoms with van der Waals surface area (Å²) in [5.74, 6) is 0. The molecular formula is C20H15ClOS. The van der Waals surface area contributed by atoms with Crippen LogP contribution in [0.1, 0.15) is 0 Å². The second kappa shape index (κ2) is 4.34. The molecule has 0 N–H and O–H groups in total. The molecule has 2 heterocycles. The number of fused-ring (bicyclic) bond motifs is 7. The molecule has 0 fully saturated rings. The van der Waals surface area contributed by atoms with Gasteiger partial charge in [-0.15, -0.1) is 0 Å². The van der Waals surface area contributed by atoms with Gasteiger partial charge in [-0.1, -0.05) is 41.9 Å². The highest BCUT2D eigenvalue weighted by molar-refractivity contribution is 8.33. The molecule has 0 atom stereocenters. The maximum atomic E-state index is 6.56. The van der Waals surface area contributed by atoms with Crippen LogP contribution in [0.2, 0.25) is 5.02 Å². The Hall–Kier alpha value is -1.90. The Kier molecular flexibility index (Phi) is 2.55. The van der Waals surface area contributed by atoms with Gasteiger partial charge in [0.15, 0.2) is 0 Å². The lowest BCUT2D eigenvalue weighted by Gasteiger charge is -2.28. The minimum Gasteiger partial charge on any atom is -0.455 e. The Balaban J connectivity index is 2.02. The molecule has 3 heteroatoms. The molecule has 0 saturated carbocycles. The largest absolute Gasteiger partial charge is 0.455 e. The zero-order valence-corrected chi connectivity index (χ0v) is 14.5. The molecule has 0 saturated heterocycles. The summed E-state index contributed by atoms with van der Waals surface area (Å²) in [6.07, 6.45) is 4.63. The first kappa shape index (κ1) is 13.5. The van der Waals surface area contributed by atoms with Crippen LogP contribution in [0, 0.1) is 0 Å². The van der Waals surface area contributed by atoms with E-state index in [9.17, 15) is 0 Å². The van der Waals surface area contributed by atoms with Gasteiger partial charge in [-0.3, -0.25) is 0 Å². The zero-order chi connectivity index (χ0) is 15.8. The van der Waals surface area contributed by atoms with Crippen LogP contribution in [0.15, 0.2) is 68.8 Å². The summed E-state index contributed by atoms with van der Waals surface area (Å²) in [7, 11) is -1.12. The van der Waals surface area contributed by atoms with E-state index in [0.717, 1.165) is 16.2 Å². The molecule has 4 aromatic rings. The number of benzene rings is 3. The normalized spacial score (nSPS) is 16.5. The first-order valence-electron chi connectivity index (χ1n) is 7.55. The van der Waals surface area contributed by atoms with Gasteiger partial charge in [0, 0.05) is 31.7 Å². The van der Waals surface area contributed by atoms with Gasteiger partial charge in [0.05, 0.1) is 5.02 Å². The third kappa shape index (κ3) is 1.60. The van der Waals surface area contributed by atoms with Crippen LogP contribution in [0.3, 0.4) is 0 Å². The van der Waals surface area contributed by atoms with Crippen LogP contribution in [0.5, 0.6) is 0 Å². The Bertz CT molecular complexity index is 1110. The van der Waals surface area contributed by atoms with Crippen LogP contribution in [-0.4, -0.2) is 12.5 Å². The molecule has 114 valence electrons. The summed E-state index contributed by atoms with van der Waals surface area (Å²) >= 11 is 6.56. The van der Waals surface area contributed by atoms with E-state index in [2.05, 4.69) is 42.8 Å². The summed E-state index contributed by atoms with van der Waals surface area (Å²) < 4.78 is 6.26. The molecule has 1 nitrogen and oxygen atoms in total. The third-order valence-corrected chi connectivity index (χ3v) is 8.13. The van der Waals surface area contributed by atoms with Crippen LogP contribution in [0.25, 0.3) is 33.1 Å². The smallest absolute Gasteiger partial charge is 0.144 e. The van der Waals surface area contributed by atoms with Crippen molar-refractivity contribution in [3.63, 3.8) is 0 Å². The molecule has 0 amide bonds. The fourth-order valence-electron chi connectivity index (χ4n) is 3.79. The van der Waals surface area contributed by atoms with E-state index < -0.39 is 10.0 Å². The number of hydrogen-bond acceptors (Lipinski definition) is 1. The number of furan rings is 1. The number of halogens is 1. The average molecular weight is 339 g/mol. The number of para-hydroxylation sites is 1. The number of rotatable bonds is 0. The van der Waals surface area contributed by atoms with Crippen LogP contribution in [-0.2, 0) is 0 Å². The van der Waals surface area contributed by atoms with Crippen molar-refractivity contribution in [3.8, 4) is 11.1 Å². The second-order valence-electron chi connectivity index (χ2n) is 6.36. The molecule has 3 aromatic carbocycles. The fourth-order valence-corrected chi connectivity index (χ4v) is 7.16. The maximum absolute atomic E-state index is 6.56.